The summed E-state index contributed by atoms with van der Waals surface area (Å²) >= 11 is 0. The molecular formula is C13H22N6O. The predicted molar refractivity (Wildman–Crippen MR) is 78.3 cm³/mol. The highest BCUT2D eigenvalue weighted by Crippen LogP contribution is 2.37. The fraction of sp³-hybridized carbons (Fsp3) is 0.769. The lowest BCUT2D eigenvalue weighted by Gasteiger charge is -2.27. The Morgan fingerprint density at radius 2 is 1.85 bits per heavy atom. The van der Waals surface area contributed by atoms with E-state index >= 15 is 0 Å². The van der Waals surface area contributed by atoms with Crippen LogP contribution >= 0.6 is 0 Å². The molecule has 1 aliphatic carbocycles. The number of hydrogen-bond acceptors (Lipinski definition) is 7. The Kier molecular flexibility index (Phi) is 3.60. The first-order chi connectivity index (χ1) is 9.68. The minimum Gasteiger partial charge on any atom is -0.378 e. The highest BCUT2D eigenvalue weighted by Gasteiger charge is 2.38. The van der Waals surface area contributed by atoms with Crippen molar-refractivity contribution < 1.29 is 4.74 Å². The molecule has 1 saturated heterocycles. The lowest BCUT2D eigenvalue weighted by molar-refractivity contribution is 0.122. The summed E-state index contributed by atoms with van der Waals surface area (Å²) in [5.41, 5.74) is 0.160. The van der Waals surface area contributed by atoms with Crippen molar-refractivity contribution in [2.75, 3.05) is 48.4 Å². The van der Waals surface area contributed by atoms with Gasteiger partial charge in [0.2, 0.25) is 17.8 Å². The van der Waals surface area contributed by atoms with Gasteiger partial charge in [-0.05, 0) is 26.7 Å². The van der Waals surface area contributed by atoms with E-state index in [4.69, 9.17) is 4.74 Å². The van der Waals surface area contributed by atoms with Gasteiger partial charge >= 0.3 is 0 Å². The largest absolute Gasteiger partial charge is 0.378 e. The molecule has 7 heteroatoms. The molecule has 2 heterocycles. The lowest BCUT2D eigenvalue weighted by Crippen LogP contribution is -2.37. The third-order valence-electron chi connectivity index (χ3n) is 3.67. The summed E-state index contributed by atoms with van der Waals surface area (Å²) in [6.07, 6.45) is 2.34. The van der Waals surface area contributed by atoms with E-state index < -0.39 is 0 Å². The van der Waals surface area contributed by atoms with Crippen LogP contribution in [-0.4, -0.2) is 53.3 Å². The number of nitrogens with one attached hydrogen (secondary N) is 2. The van der Waals surface area contributed by atoms with Gasteiger partial charge in [-0.25, -0.2) is 0 Å². The first-order valence-corrected chi connectivity index (χ1v) is 7.29. The van der Waals surface area contributed by atoms with Crippen LogP contribution in [0.4, 0.5) is 17.8 Å². The molecule has 0 unspecified atom stereocenters. The number of morpholine rings is 1. The maximum Gasteiger partial charge on any atom is 0.232 e. The minimum absolute atomic E-state index is 0.160. The molecular weight excluding hydrogens is 256 g/mol. The van der Waals surface area contributed by atoms with E-state index in [9.17, 15) is 0 Å². The van der Waals surface area contributed by atoms with E-state index in [1.165, 1.54) is 12.8 Å². The number of aromatic nitrogens is 3. The average molecular weight is 278 g/mol. The number of nitrogens with zero attached hydrogens (tertiary/aromatic N) is 4. The number of hydrogen-bond donors (Lipinski definition) is 2. The molecule has 0 atom stereocenters. The summed E-state index contributed by atoms with van der Waals surface area (Å²) in [7, 11) is 0. The quantitative estimate of drug-likeness (QED) is 0.835. The van der Waals surface area contributed by atoms with Gasteiger partial charge in [-0.1, -0.05) is 0 Å². The van der Waals surface area contributed by atoms with E-state index in [2.05, 4.69) is 37.4 Å². The number of ether oxygens (including phenoxy) is 1. The number of anilines is 3. The van der Waals surface area contributed by atoms with Crippen LogP contribution < -0.4 is 15.5 Å². The van der Waals surface area contributed by atoms with Crippen LogP contribution in [0.3, 0.4) is 0 Å². The van der Waals surface area contributed by atoms with E-state index in [1.54, 1.807) is 0 Å². The van der Waals surface area contributed by atoms with E-state index in [0.29, 0.717) is 11.9 Å². The van der Waals surface area contributed by atoms with Crippen LogP contribution in [0.1, 0.15) is 26.7 Å². The second kappa shape index (κ2) is 5.40. The first kappa shape index (κ1) is 13.4. The summed E-state index contributed by atoms with van der Waals surface area (Å²) in [4.78, 5) is 15.6. The molecule has 1 aromatic heterocycles. The second-order valence-electron chi connectivity index (χ2n) is 5.60. The molecule has 3 rings (SSSR count). The van der Waals surface area contributed by atoms with Crippen molar-refractivity contribution in [1.29, 1.82) is 0 Å². The van der Waals surface area contributed by atoms with Gasteiger partial charge in [-0.3, -0.25) is 0 Å². The molecule has 1 aromatic rings. The van der Waals surface area contributed by atoms with Gasteiger partial charge in [0.05, 0.1) is 13.2 Å². The Bertz CT molecular complexity index is 470. The smallest absolute Gasteiger partial charge is 0.232 e. The highest BCUT2D eigenvalue weighted by atomic mass is 16.5. The molecule has 110 valence electrons. The standard InChI is InChI=1S/C13H22N6O/c1-3-14-10-15-11(18-13(2)4-5-13)17-12(16-10)19-6-8-20-9-7-19/h3-9H2,1-2H3,(H2,14,15,16,17,18). The Morgan fingerprint density at radius 3 is 2.50 bits per heavy atom. The lowest BCUT2D eigenvalue weighted by atomic mass is 10.3. The summed E-state index contributed by atoms with van der Waals surface area (Å²) in [6.45, 7) is 8.12. The third-order valence-corrected chi connectivity index (χ3v) is 3.67. The van der Waals surface area contributed by atoms with Crippen molar-refractivity contribution in [3.63, 3.8) is 0 Å². The Balaban J connectivity index is 1.83. The molecule has 0 radical (unpaired) electrons. The van der Waals surface area contributed by atoms with Gasteiger partial charge in [0, 0.05) is 25.2 Å². The van der Waals surface area contributed by atoms with Gasteiger partial charge in [0.1, 0.15) is 0 Å². The van der Waals surface area contributed by atoms with Gasteiger partial charge in [0.25, 0.3) is 0 Å². The molecule has 1 saturated carbocycles. The molecule has 2 aliphatic rings. The molecule has 2 fully saturated rings. The van der Waals surface area contributed by atoms with Gasteiger partial charge in [-0.15, -0.1) is 0 Å². The van der Waals surface area contributed by atoms with Crippen LogP contribution in [0.5, 0.6) is 0 Å². The Labute approximate surface area is 119 Å². The maximum atomic E-state index is 5.38. The molecule has 0 bridgehead atoms. The van der Waals surface area contributed by atoms with Gasteiger partial charge in [0.15, 0.2) is 0 Å². The number of rotatable bonds is 5. The van der Waals surface area contributed by atoms with Crippen molar-refractivity contribution in [3.8, 4) is 0 Å². The van der Waals surface area contributed by atoms with Crippen LogP contribution in [0.2, 0.25) is 0 Å². The van der Waals surface area contributed by atoms with Crippen molar-refractivity contribution in [2.45, 2.75) is 32.2 Å². The topological polar surface area (TPSA) is 75.2 Å². The van der Waals surface area contributed by atoms with Crippen molar-refractivity contribution in [2.24, 2.45) is 0 Å². The van der Waals surface area contributed by atoms with Crippen LogP contribution in [-0.2, 0) is 4.74 Å². The van der Waals surface area contributed by atoms with Crippen LogP contribution in [0.25, 0.3) is 0 Å². The van der Waals surface area contributed by atoms with Crippen LogP contribution in [0.15, 0.2) is 0 Å². The molecule has 20 heavy (non-hydrogen) atoms. The van der Waals surface area contributed by atoms with Gasteiger partial charge in [-0.2, -0.15) is 15.0 Å². The minimum atomic E-state index is 0.160. The summed E-state index contributed by atoms with van der Waals surface area (Å²) in [5, 5.41) is 6.58. The first-order valence-electron chi connectivity index (χ1n) is 7.29. The van der Waals surface area contributed by atoms with Crippen molar-refractivity contribution >= 4 is 17.8 Å². The summed E-state index contributed by atoms with van der Waals surface area (Å²) in [6, 6.07) is 0. The summed E-state index contributed by atoms with van der Waals surface area (Å²) in [5.74, 6) is 2.03. The molecule has 0 spiro atoms. The van der Waals surface area contributed by atoms with E-state index in [-0.39, 0.29) is 5.54 Å². The molecule has 0 amide bonds. The highest BCUT2D eigenvalue weighted by molar-refractivity contribution is 5.46. The maximum absolute atomic E-state index is 5.38. The Hall–Kier alpha value is -1.63. The monoisotopic (exact) mass is 278 g/mol. The second-order valence-corrected chi connectivity index (χ2v) is 5.60. The summed E-state index contributed by atoms with van der Waals surface area (Å²) < 4.78 is 5.38. The zero-order chi connectivity index (χ0) is 14.0. The zero-order valence-corrected chi connectivity index (χ0v) is 12.1. The van der Waals surface area contributed by atoms with Crippen molar-refractivity contribution in [3.05, 3.63) is 0 Å². The third kappa shape index (κ3) is 3.09. The SMILES string of the molecule is CCNc1nc(NC2(C)CC2)nc(N2CCOCC2)n1. The van der Waals surface area contributed by atoms with Gasteiger partial charge < -0.3 is 20.3 Å². The zero-order valence-electron chi connectivity index (χ0n) is 12.1. The molecule has 2 N–H and O–H groups in total. The molecule has 0 aromatic carbocycles. The average Bonchev–Trinajstić information content (AvgIpc) is 3.17. The molecule has 1 aliphatic heterocycles. The molecule has 7 nitrogen and oxygen atoms in total. The van der Waals surface area contributed by atoms with Crippen molar-refractivity contribution in [1.82, 2.24) is 15.0 Å². The predicted octanol–water partition coefficient (Wildman–Crippen LogP) is 1.10. The normalized spacial score (nSPS) is 20.6. The van der Waals surface area contributed by atoms with Crippen LogP contribution in [0, 0.1) is 0 Å². The Morgan fingerprint density at radius 1 is 1.15 bits per heavy atom. The van der Waals surface area contributed by atoms with E-state index in [0.717, 1.165) is 38.8 Å². The van der Waals surface area contributed by atoms with E-state index in [1.807, 2.05) is 6.92 Å². The fourth-order valence-corrected chi connectivity index (χ4v) is 2.15. The fourth-order valence-electron chi connectivity index (χ4n) is 2.15.